The van der Waals surface area contributed by atoms with Crippen molar-refractivity contribution in [2.24, 2.45) is 0 Å². The first-order valence-corrected chi connectivity index (χ1v) is 8.81. The zero-order valence-electron chi connectivity index (χ0n) is 10.0. The molecule has 0 spiro atoms. The van der Waals surface area contributed by atoms with Gasteiger partial charge in [-0.25, -0.2) is 0 Å². The summed E-state index contributed by atoms with van der Waals surface area (Å²) in [5, 5.41) is 4.86. The Morgan fingerprint density at radius 1 is 1.26 bits per heavy atom. The van der Waals surface area contributed by atoms with Gasteiger partial charge in [-0.2, -0.15) is 0 Å². The predicted molar refractivity (Wildman–Crippen MR) is 91.7 cm³/mol. The fraction of sp³-hybridized carbons (Fsp3) is 0.231. The second kappa shape index (κ2) is 6.92. The van der Waals surface area contributed by atoms with Gasteiger partial charge in [0.25, 0.3) is 0 Å². The Labute approximate surface area is 143 Å². The lowest BCUT2D eigenvalue weighted by Crippen LogP contribution is -2.21. The Kier molecular flexibility index (Phi) is 5.76. The van der Waals surface area contributed by atoms with Gasteiger partial charge in [0.15, 0.2) is 0 Å². The molecule has 1 atom stereocenters. The van der Waals surface area contributed by atoms with E-state index in [4.69, 9.17) is 23.2 Å². The van der Waals surface area contributed by atoms with E-state index < -0.39 is 0 Å². The summed E-state index contributed by atoms with van der Waals surface area (Å²) in [5.74, 6) is 0. The normalized spacial score (nSPS) is 12.7. The summed E-state index contributed by atoms with van der Waals surface area (Å²) in [6, 6.07) is 7.69. The van der Waals surface area contributed by atoms with Gasteiger partial charge in [-0.3, -0.25) is 0 Å². The highest BCUT2D eigenvalue weighted by atomic mass is 79.9. The van der Waals surface area contributed by atoms with Crippen LogP contribution in [0.1, 0.15) is 23.4 Å². The van der Waals surface area contributed by atoms with Crippen LogP contribution in [0.5, 0.6) is 0 Å². The molecule has 102 valence electrons. The Morgan fingerprint density at radius 2 is 2.00 bits per heavy atom. The topological polar surface area (TPSA) is 12.0 Å². The van der Waals surface area contributed by atoms with E-state index in [0.717, 1.165) is 25.4 Å². The molecular weight excluding hydrogens is 433 g/mol. The van der Waals surface area contributed by atoms with Crippen molar-refractivity contribution in [1.82, 2.24) is 5.32 Å². The van der Waals surface area contributed by atoms with Crippen molar-refractivity contribution in [1.29, 1.82) is 0 Å². The lowest BCUT2D eigenvalue weighted by Gasteiger charge is -2.18. The third-order valence-electron chi connectivity index (χ3n) is 2.63. The van der Waals surface area contributed by atoms with Crippen LogP contribution in [0.4, 0.5) is 0 Å². The highest BCUT2D eigenvalue weighted by Gasteiger charge is 2.19. The van der Waals surface area contributed by atoms with Gasteiger partial charge < -0.3 is 5.32 Å². The first kappa shape index (κ1) is 15.8. The molecule has 2 rings (SSSR count). The number of hydrogen-bond acceptors (Lipinski definition) is 2. The summed E-state index contributed by atoms with van der Waals surface area (Å²) < 4.78 is 2.12. The van der Waals surface area contributed by atoms with E-state index >= 15 is 0 Å². The summed E-state index contributed by atoms with van der Waals surface area (Å²) in [5.41, 5.74) is 0.997. The van der Waals surface area contributed by atoms with E-state index in [1.807, 2.05) is 12.1 Å². The second-order valence-corrected chi connectivity index (χ2v) is 8.03. The van der Waals surface area contributed by atoms with Crippen LogP contribution in [0, 0.1) is 0 Å². The van der Waals surface area contributed by atoms with Gasteiger partial charge in [0.2, 0.25) is 0 Å². The number of benzene rings is 1. The van der Waals surface area contributed by atoms with Crippen molar-refractivity contribution in [2.45, 2.75) is 13.0 Å². The molecule has 0 saturated heterocycles. The molecule has 1 aromatic heterocycles. The molecule has 0 aliphatic heterocycles. The minimum Gasteiger partial charge on any atom is -0.306 e. The molecule has 1 heterocycles. The van der Waals surface area contributed by atoms with Gasteiger partial charge >= 0.3 is 0 Å². The molecule has 0 fully saturated rings. The van der Waals surface area contributed by atoms with E-state index in [-0.39, 0.29) is 6.04 Å². The highest BCUT2D eigenvalue weighted by Crippen LogP contribution is 2.39. The summed E-state index contributed by atoms with van der Waals surface area (Å²) >= 11 is 21.1. The molecule has 1 unspecified atom stereocenters. The summed E-state index contributed by atoms with van der Waals surface area (Å²) in [6.07, 6.45) is 0. The van der Waals surface area contributed by atoms with Gasteiger partial charge in [0.1, 0.15) is 0 Å². The largest absolute Gasteiger partial charge is 0.306 e. The maximum absolute atomic E-state index is 6.31. The smallest absolute Gasteiger partial charge is 0.0843 e. The maximum atomic E-state index is 6.31. The number of thiophene rings is 1. The quantitative estimate of drug-likeness (QED) is 0.586. The van der Waals surface area contributed by atoms with Gasteiger partial charge in [0.05, 0.1) is 9.83 Å². The van der Waals surface area contributed by atoms with Crippen LogP contribution in [0.3, 0.4) is 0 Å². The third-order valence-corrected chi connectivity index (χ3v) is 6.53. The maximum Gasteiger partial charge on any atom is 0.0843 e. The van der Waals surface area contributed by atoms with Gasteiger partial charge in [-0.1, -0.05) is 30.1 Å². The molecule has 0 bridgehead atoms. The molecule has 19 heavy (non-hydrogen) atoms. The summed E-state index contributed by atoms with van der Waals surface area (Å²) in [4.78, 5) is 1.18. The van der Waals surface area contributed by atoms with E-state index in [1.54, 1.807) is 17.4 Å². The standard InChI is InChI=1S/C13H11Br2Cl2NS/c1-2-18-12(11-6-9(14)13(15)19-11)8-5-7(16)3-4-10(8)17/h3-6,12,18H,2H2,1H3. The first-order chi connectivity index (χ1) is 9.02. The zero-order chi connectivity index (χ0) is 14.0. The lowest BCUT2D eigenvalue weighted by molar-refractivity contribution is 0.640. The van der Waals surface area contributed by atoms with Gasteiger partial charge in [-0.05, 0) is 68.2 Å². The first-order valence-electron chi connectivity index (χ1n) is 5.66. The fourth-order valence-corrected chi connectivity index (χ4v) is 4.40. The second-order valence-electron chi connectivity index (χ2n) is 3.93. The third kappa shape index (κ3) is 3.74. The van der Waals surface area contributed by atoms with Crippen molar-refractivity contribution in [3.05, 3.63) is 53.0 Å². The fourth-order valence-electron chi connectivity index (χ4n) is 1.81. The van der Waals surface area contributed by atoms with Crippen molar-refractivity contribution < 1.29 is 0 Å². The Balaban J connectivity index is 2.47. The van der Waals surface area contributed by atoms with Crippen LogP contribution in [0.2, 0.25) is 10.0 Å². The van der Waals surface area contributed by atoms with Crippen molar-refractivity contribution >= 4 is 66.4 Å². The molecule has 0 aliphatic carbocycles. The van der Waals surface area contributed by atoms with Crippen LogP contribution in [-0.2, 0) is 0 Å². The molecular formula is C13H11Br2Cl2NS. The van der Waals surface area contributed by atoms with Crippen molar-refractivity contribution in [3.63, 3.8) is 0 Å². The molecule has 1 N–H and O–H groups in total. The van der Waals surface area contributed by atoms with Crippen LogP contribution in [0.15, 0.2) is 32.5 Å². The molecule has 1 nitrogen and oxygen atoms in total. The Hall–Kier alpha value is 0.420. The monoisotopic (exact) mass is 441 g/mol. The molecule has 0 amide bonds. The van der Waals surface area contributed by atoms with Crippen LogP contribution in [0.25, 0.3) is 0 Å². The van der Waals surface area contributed by atoms with Crippen LogP contribution >= 0.6 is 66.4 Å². The minimum atomic E-state index is 0.0452. The number of halogens is 4. The van der Waals surface area contributed by atoms with E-state index in [1.165, 1.54) is 4.88 Å². The average molecular weight is 444 g/mol. The van der Waals surface area contributed by atoms with Crippen molar-refractivity contribution in [3.8, 4) is 0 Å². The molecule has 6 heteroatoms. The van der Waals surface area contributed by atoms with Gasteiger partial charge in [0, 0.05) is 19.4 Å². The number of rotatable bonds is 4. The minimum absolute atomic E-state index is 0.0452. The summed E-state index contributed by atoms with van der Waals surface area (Å²) in [6.45, 7) is 2.92. The Bertz CT molecular complexity index is 567. The molecule has 0 saturated carbocycles. The molecule has 0 radical (unpaired) electrons. The summed E-state index contributed by atoms with van der Waals surface area (Å²) in [7, 11) is 0. The predicted octanol–water partition coefficient (Wildman–Crippen LogP) is 6.28. The lowest BCUT2D eigenvalue weighted by atomic mass is 10.1. The Morgan fingerprint density at radius 3 is 2.58 bits per heavy atom. The molecule has 2 aromatic rings. The zero-order valence-corrected chi connectivity index (χ0v) is 15.5. The van der Waals surface area contributed by atoms with Crippen LogP contribution < -0.4 is 5.32 Å². The average Bonchev–Trinajstić information content (AvgIpc) is 2.70. The van der Waals surface area contributed by atoms with E-state index in [9.17, 15) is 0 Å². The molecule has 1 aromatic carbocycles. The van der Waals surface area contributed by atoms with E-state index in [2.05, 4.69) is 50.2 Å². The molecule has 0 aliphatic rings. The van der Waals surface area contributed by atoms with E-state index in [0.29, 0.717) is 5.02 Å². The number of hydrogen-bond donors (Lipinski definition) is 1. The SMILES string of the molecule is CCNC(c1cc(Br)c(Br)s1)c1cc(Cl)ccc1Cl. The number of nitrogens with one attached hydrogen (secondary N) is 1. The van der Waals surface area contributed by atoms with Crippen molar-refractivity contribution in [2.75, 3.05) is 6.54 Å². The van der Waals surface area contributed by atoms with Gasteiger partial charge in [-0.15, -0.1) is 11.3 Å². The van der Waals surface area contributed by atoms with Crippen LogP contribution in [-0.4, -0.2) is 6.54 Å². The highest BCUT2D eigenvalue weighted by molar-refractivity contribution is 9.13.